The summed E-state index contributed by atoms with van der Waals surface area (Å²) >= 11 is 0. The first-order valence-electron chi connectivity index (χ1n) is 23.8. The molecule has 2 heterocycles. The van der Waals surface area contributed by atoms with Gasteiger partial charge in [-0.15, -0.1) is 0 Å². The number of nitro groups is 1. The molecule has 2 aliphatic heterocycles. The third-order valence-electron chi connectivity index (χ3n) is 11.6. The summed E-state index contributed by atoms with van der Waals surface area (Å²) in [4.78, 5) is 101. The van der Waals surface area contributed by atoms with E-state index in [0.29, 0.717) is 45.3 Å². The Bertz CT molecular complexity index is 1980. The zero-order chi connectivity index (χ0) is 50.0. The van der Waals surface area contributed by atoms with Crippen molar-refractivity contribution in [2.45, 2.75) is 128 Å². The Morgan fingerprint density at radius 2 is 1.45 bits per heavy atom. The van der Waals surface area contributed by atoms with Crippen LogP contribution in [0.3, 0.4) is 0 Å². The molecule has 69 heavy (non-hydrogen) atoms. The average Bonchev–Trinajstić information content (AvgIpc) is 4.05. The Hall–Kier alpha value is -6.23. The predicted octanol–water partition coefficient (Wildman–Crippen LogP) is 1.22. The maximum absolute atomic E-state index is 14.6. The molecular weight excluding hydrogens is 897 g/mol. The maximum Gasteiger partial charge on any atom is 0.328 e. The van der Waals surface area contributed by atoms with E-state index in [1.165, 1.54) is 9.80 Å². The van der Waals surface area contributed by atoms with Crippen molar-refractivity contribution < 1.29 is 52.7 Å². The van der Waals surface area contributed by atoms with Crippen molar-refractivity contribution in [2.24, 2.45) is 16.5 Å². The number of hydrazine groups is 1. The second-order valence-electron chi connectivity index (χ2n) is 16.9. The molecule has 4 rings (SSSR count). The number of benzene rings is 2. The average molecular weight is 967 g/mol. The van der Waals surface area contributed by atoms with Gasteiger partial charge in [-0.05, 0) is 63.0 Å². The van der Waals surface area contributed by atoms with Crippen LogP contribution >= 0.6 is 0 Å². The monoisotopic (exact) mass is 967 g/mol. The summed E-state index contributed by atoms with van der Waals surface area (Å²) in [6.45, 7) is 4.93. The van der Waals surface area contributed by atoms with Crippen LogP contribution in [0.4, 0.5) is 0 Å². The second-order valence-corrected chi connectivity index (χ2v) is 16.9. The Labute approximate surface area is 403 Å². The highest BCUT2D eigenvalue weighted by molar-refractivity contribution is 5.97. The van der Waals surface area contributed by atoms with Crippen LogP contribution in [0.1, 0.15) is 89.2 Å². The van der Waals surface area contributed by atoms with E-state index in [1.807, 2.05) is 43.3 Å². The Morgan fingerprint density at radius 1 is 0.812 bits per heavy atom. The number of unbranched alkanes of at least 4 members (excludes halogenated alkanes) is 2. The van der Waals surface area contributed by atoms with E-state index in [2.05, 4.69) is 20.9 Å². The molecule has 0 aliphatic carbocycles. The molecule has 6 unspecified atom stereocenters. The fraction of sp³-hybridized carbons (Fsp3) is 0.596. The molecule has 0 aromatic heterocycles. The number of nitrogens with two attached hydrogens (primary N) is 2. The molecule has 2 aliphatic rings. The molecule has 0 radical (unpaired) electrons. The van der Waals surface area contributed by atoms with Crippen LogP contribution in [-0.2, 0) is 60.9 Å². The van der Waals surface area contributed by atoms with Crippen LogP contribution in [0.5, 0.6) is 0 Å². The highest BCUT2D eigenvalue weighted by Crippen LogP contribution is 2.27. The van der Waals surface area contributed by atoms with Crippen molar-refractivity contribution >= 4 is 41.5 Å². The first kappa shape index (κ1) is 55.4. The molecular formula is C47H70N10O12. The highest BCUT2D eigenvalue weighted by Gasteiger charge is 2.44. The molecule has 0 bridgehead atoms. The van der Waals surface area contributed by atoms with Gasteiger partial charge < -0.3 is 56.2 Å². The lowest BCUT2D eigenvalue weighted by molar-refractivity contribution is -0.525. The zero-order valence-electron chi connectivity index (χ0n) is 39.7. The molecule has 2 aromatic rings. The molecule has 5 amide bonds. The van der Waals surface area contributed by atoms with Crippen molar-refractivity contribution in [3.05, 3.63) is 81.9 Å². The lowest BCUT2D eigenvalue weighted by atomic mass is 10.0. The molecule has 380 valence electrons. The van der Waals surface area contributed by atoms with Gasteiger partial charge in [-0.2, -0.15) is 0 Å². The van der Waals surface area contributed by atoms with Gasteiger partial charge in [0.2, 0.25) is 29.5 Å². The number of nitrogens with zero attached hydrogens (tertiary/aromatic N) is 4. The minimum Gasteiger partial charge on any atom is -0.459 e. The number of hydrogen-bond acceptors (Lipinski definition) is 14. The summed E-state index contributed by atoms with van der Waals surface area (Å²) in [5.41, 5.74) is 14.3. The third kappa shape index (κ3) is 19.0. The number of likely N-dealkylation sites (tertiary alicyclic amines) is 2. The van der Waals surface area contributed by atoms with Gasteiger partial charge in [0.05, 0.1) is 32.5 Å². The molecule has 0 saturated carbocycles. The topological polar surface area (TPSA) is 301 Å². The third-order valence-corrected chi connectivity index (χ3v) is 11.6. The minimum atomic E-state index is -1.23. The molecule has 0 spiro atoms. The van der Waals surface area contributed by atoms with Crippen molar-refractivity contribution in [1.82, 2.24) is 31.2 Å². The predicted molar refractivity (Wildman–Crippen MR) is 253 cm³/mol. The number of aliphatic imine (C=N–C) groups is 1. The number of nitrogens with one attached hydrogen (secondary N) is 4. The van der Waals surface area contributed by atoms with Gasteiger partial charge >= 0.3 is 5.97 Å². The minimum absolute atomic E-state index is 0.00224. The maximum atomic E-state index is 14.6. The van der Waals surface area contributed by atoms with Crippen LogP contribution in [0.2, 0.25) is 0 Å². The number of carbonyl (C=O) groups excluding carboxylic acids is 6. The van der Waals surface area contributed by atoms with E-state index in [-0.39, 0.29) is 71.9 Å². The van der Waals surface area contributed by atoms with Gasteiger partial charge in [0.15, 0.2) is 5.03 Å². The molecule has 22 heteroatoms. The highest BCUT2D eigenvalue weighted by atomic mass is 16.7. The van der Waals surface area contributed by atoms with Crippen LogP contribution in [-0.4, -0.2) is 145 Å². The summed E-state index contributed by atoms with van der Waals surface area (Å²) in [6.07, 6.45) is 3.50. The van der Waals surface area contributed by atoms with Gasteiger partial charge in [-0.25, -0.2) is 19.9 Å². The first-order chi connectivity index (χ1) is 33.3. The van der Waals surface area contributed by atoms with Gasteiger partial charge in [0, 0.05) is 26.2 Å². The Morgan fingerprint density at radius 3 is 2.12 bits per heavy atom. The molecule has 22 nitrogen and oxygen atoms in total. The zero-order valence-corrected chi connectivity index (χ0v) is 39.7. The van der Waals surface area contributed by atoms with Crippen LogP contribution in [0.25, 0.3) is 0 Å². The van der Waals surface area contributed by atoms with E-state index < -0.39 is 82.8 Å². The largest absolute Gasteiger partial charge is 0.459 e. The van der Waals surface area contributed by atoms with E-state index >= 15 is 0 Å². The smallest absolute Gasteiger partial charge is 0.328 e. The number of carbonyl (C=O) groups is 6. The number of guanidine groups is 1. The van der Waals surface area contributed by atoms with Crippen molar-refractivity contribution in [1.29, 1.82) is 0 Å². The number of hydrogen-bond donors (Lipinski definition) is 6. The van der Waals surface area contributed by atoms with Gasteiger partial charge in [-0.1, -0.05) is 92.3 Å². The summed E-state index contributed by atoms with van der Waals surface area (Å²) in [6, 6.07) is 13.0. The SMILES string of the molecule is CCCCCC(NC(=O)C(NC(=O)COCCOCCN)C(C)OCc1ccccc1)C(=O)N1CCCC1C(=O)N1CCCC1C(=O)NC(CCCN=C(N)N[N+](=O)[O-])C(=O)OCc1ccccc1. The number of rotatable bonds is 30. The summed E-state index contributed by atoms with van der Waals surface area (Å²) < 4.78 is 22.4. The molecule has 6 atom stereocenters. The quantitative estimate of drug-likeness (QED) is 0.0160. The Balaban J connectivity index is 1.47. The van der Waals surface area contributed by atoms with Gasteiger partial charge in [0.25, 0.3) is 5.96 Å². The van der Waals surface area contributed by atoms with Crippen LogP contribution < -0.4 is 32.8 Å². The van der Waals surface area contributed by atoms with E-state index in [0.717, 1.165) is 24.0 Å². The lowest BCUT2D eigenvalue weighted by Crippen LogP contribution is -2.60. The number of amides is 5. The van der Waals surface area contributed by atoms with Gasteiger partial charge in [-0.3, -0.25) is 24.0 Å². The summed E-state index contributed by atoms with van der Waals surface area (Å²) in [5.74, 6) is -3.83. The van der Waals surface area contributed by atoms with Crippen molar-refractivity contribution in [2.75, 3.05) is 52.6 Å². The first-order valence-corrected chi connectivity index (χ1v) is 23.8. The summed E-state index contributed by atoms with van der Waals surface area (Å²) in [7, 11) is 0. The normalized spacial score (nSPS) is 17.6. The van der Waals surface area contributed by atoms with E-state index in [9.17, 15) is 38.9 Å². The second kappa shape index (κ2) is 30.3. The Kier molecular flexibility index (Phi) is 24.3. The summed E-state index contributed by atoms with van der Waals surface area (Å²) in [5, 5.41) is 18.3. The molecule has 2 fully saturated rings. The standard InChI is InChI=1S/C47H70N10O12/c1-3-4-7-19-36(51-43(60)41(33(2)68-30-34-15-8-5-9-16-34)53-40(58)32-67-29-28-66-27-23-48)44(61)56-26-14-22-39(56)45(62)55-25-13-21-38(55)42(59)52-37(20-12-24-50-47(49)54-57(64)65)46(63)69-31-35-17-10-6-11-18-35/h5-6,8-11,15-18,33,36-39,41H,3-4,7,12-14,19-32,48H2,1-2H3,(H,51,60)(H,52,59)(H,53,58)(H3,49,50,54). The lowest BCUT2D eigenvalue weighted by Gasteiger charge is -2.34. The fourth-order valence-electron chi connectivity index (χ4n) is 8.05. The van der Waals surface area contributed by atoms with E-state index in [1.54, 1.807) is 36.6 Å². The number of esters is 1. The van der Waals surface area contributed by atoms with Crippen molar-refractivity contribution in [3.8, 4) is 0 Å². The van der Waals surface area contributed by atoms with Crippen LogP contribution in [0.15, 0.2) is 65.7 Å². The molecule has 2 aromatic carbocycles. The van der Waals surface area contributed by atoms with E-state index in [4.69, 9.17) is 30.4 Å². The van der Waals surface area contributed by atoms with Crippen LogP contribution in [0, 0.1) is 10.1 Å². The van der Waals surface area contributed by atoms with Crippen molar-refractivity contribution in [3.63, 3.8) is 0 Å². The molecule has 2 saturated heterocycles. The number of ether oxygens (including phenoxy) is 4. The fourth-order valence-corrected chi connectivity index (χ4v) is 8.05. The molecule has 8 N–H and O–H groups in total. The van der Waals surface area contributed by atoms with Gasteiger partial charge in [0.1, 0.15) is 43.4 Å².